The maximum Gasteiger partial charge on any atom is 0.325 e. The molecule has 0 radical (unpaired) electrons. The van der Waals surface area contributed by atoms with E-state index in [1.54, 1.807) is 0 Å². The molecular weight excluding hydrogens is 248 g/mol. The Morgan fingerprint density at radius 2 is 2.21 bits per heavy atom. The molecule has 1 aromatic heterocycles. The highest BCUT2D eigenvalue weighted by molar-refractivity contribution is 5.92. The first kappa shape index (κ1) is 13.5. The quantitative estimate of drug-likeness (QED) is 0.869. The van der Waals surface area contributed by atoms with Gasteiger partial charge in [0.15, 0.2) is 5.69 Å². The number of nitrogens with zero attached hydrogens (tertiary/aromatic N) is 4. The van der Waals surface area contributed by atoms with E-state index in [-0.39, 0.29) is 30.2 Å². The van der Waals surface area contributed by atoms with Gasteiger partial charge >= 0.3 is 5.97 Å². The van der Waals surface area contributed by atoms with E-state index in [0.29, 0.717) is 0 Å². The zero-order chi connectivity index (χ0) is 14.0. The lowest BCUT2D eigenvalue weighted by molar-refractivity contribution is -0.137. The van der Waals surface area contributed by atoms with Crippen molar-refractivity contribution in [3.05, 3.63) is 11.9 Å². The van der Waals surface area contributed by atoms with E-state index in [4.69, 9.17) is 5.11 Å². The molecule has 1 saturated heterocycles. The average molecular weight is 266 g/mol. The summed E-state index contributed by atoms with van der Waals surface area (Å²) in [4.78, 5) is 24.8. The van der Waals surface area contributed by atoms with E-state index in [1.165, 1.54) is 6.20 Å². The highest BCUT2D eigenvalue weighted by Crippen LogP contribution is 2.27. The van der Waals surface area contributed by atoms with Crippen LogP contribution in [-0.2, 0) is 11.3 Å². The maximum atomic E-state index is 12.4. The van der Waals surface area contributed by atoms with Crippen molar-refractivity contribution in [1.82, 2.24) is 19.9 Å². The lowest BCUT2D eigenvalue weighted by Crippen LogP contribution is -2.39. The molecule has 7 heteroatoms. The molecule has 2 rings (SSSR count). The highest BCUT2D eigenvalue weighted by Gasteiger charge is 2.34. The molecule has 19 heavy (non-hydrogen) atoms. The lowest BCUT2D eigenvalue weighted by atomic mass is 10.1. The molecule has 1 aliphatic heterocycles. The number of likely N-dealkylation sites (tertiary alicyclic amines) is 1. The number of carbonyl (C=O) groups excluding carboxylic acids is 1. The van der Waals surface area contributed by atoms with Gasteiger partial charge in [0, 0.05) is 12.1 Å². The molecule has 2 unspecified atom stereocenters. The first-order valence-electron chi connectivity index (χ1n) is 6.47. The summed E-state index contributed by atoms with van der Waals surface area (Å²) in [5.41, 5.74) is 0.216. The molecule has 104 valence electrons. The monoisotopic (exact) mass is 266 g/mol. The predicted molar refractivity (Wildman–Crippen MR) is 66.6 cm³/mol. The molecule has 1 aromatic rings. The second kappa shape index (κ2) is 5.38. The van der Waals surface area contributed by atoms with Crippen molar-refractivity contribution >= 4 is 11.9 Å². The third-order valence-electron chi connectivity index (χ3n) is 3.55. The van der Waals surface area contributed by atoms with Crippen LogP contribution in [0.5, 0.6) is 0 Å². The van der Waals surface area contributed by atoms with Gasteiger partial charge in [0.25, 0.3) is 5.91 Å². The fraction of sp³-hybridized carbons (Fsp3) is 0.667. The molecule has 1 aliphatic rings. The van der Waals surface area contributed by atoms with Crippen LogP contribution in [0, 0.1) is 0 Å². The molecule has 1 amide bonds. The van der Waals surface area contributed by atoms with Crippen LogP contribution in [0.15, 0.2) is 6.20 Å². The van der Waals surface area contributed by atoms with Gasteiger partial charge in [-0.15, -0.1) is 5.10 Å². The Bertz CT molecular complexity index is 485. The number of amides is 1. The third-order valence-corrected chi connectivity index (χ3v) is 3.55. The summed E-state index contributed by atoms with van der Waals surface area (Å²) < 4.78 is 1.16. The van der Waals surface area contributed by atoms with Crippen molar-refractivity contribution < 1.29 is 14.7 Å². The van der Waals surface area contributed by atoms with E-state index in [0.717, 1.165) is 23.9 Å². The van der Waals surface area contributed by atoms with Crippen molar-refractivity contribution in [3.8, 4) is 0 Å². The van der Waals surface area contributed by atoms with Gasteiger partial charge in [-0.1, -0.05) is 12.1 Å². The molecule has 0 bridgehead atoms. The average Bonchev–Trinajstić information content (AvgIpc) is 2.94. The van der Waals surface area contributed by atoms with Crippen molar-refractivity contribution in [2.24, 2.45) is 0 Å². The summed E-state index contributed by atoms with van der Waals surface area (Å²) in [6.07, 6.45) is 4.31. The second-order valence-electron chi connectivity index (χ2n) is 4.90. The summed E-state index contributed by atoms with van der Waals surface area (Å²) >= 11 is 0. The SMILES string of the molecule is CCC1CCC(C)N1C(=O)c1cn(CC(=O)O)nn1. The Morgan fingerprint density at radius 3 is 2.84 bits per heavy atom. The Hall–Kier alpha value is -1.92. The smallest absolute Gasteiger partial charge is 0.325 e. The van der Waals surface area contributed by atoms with Crippen LogP contribution < -0.4 is 0 Å². The summed E-state index contributed by atoms with van der Waals surface area (Å²) in [5.74, 6) is -1.17. The van der Waals surface area contributed by atoms with E-state index in [9.17, 15) is 9.59 Å². The van der Waals surface area contributed by atoms with E-state index < -0.39 is 5.97 Å². The fourth-order valence-electron chi connectivity index (χ4n) is 2.58. The Kier molecular flexibility index (Phi) is 3.82. The first-order valence-corrected chi connectivity index (χ1v) is 6.47. The number of aromatic nitrogens is 3. The predicted octanol–water partition coefficient (Wildman–Crippen LogP) is 0.766. The standard InChI is InChI=1S/C12H18N4O3/c1-3-9-5-4-8(2)16(9)12(19)10-6-15(14-13-10)7-11(17)18/h6,8-9H,3-5,7H2,1-2H3,(H,17,18). The Balaban J connectivity index is 2.14. The van der Waals surface area contributed by atoms with E-state index in [1.807, 2.05) is 11.8 Å². The van der Waals surface area contributed by atoms with Gasteiger partial charge in [0.2, 0.25) is 0 Å². The van der Waals surface area contributed by atoms with Crippen LogP contribution in [0.2, 0.25) is 0 Å². The molecule has 0 aliphatic carbocycles. The second-order valence-corrected chi connectivity index (χ2v) is 4.90. The highest BCUT2D eigenvalue weighted by atomic mass is 16.4. The van der Waals surface area contributed by atoms with Crippen LogP contribution in [0.25, 0.3) is 0 Å². The minimum atomic E-state index is -1.01. The molecule has 0 aromatic carbocycles. The van der Waals surface area contributed by atoms with Crippen molar-refractivity contribution in [1.29, 1.82) is 0 Å². The normalized spacial score (nSPS) is 22.7. The third kappa shape index (κ3) is 2.74. The number of carboxylic acid groups (broad SMARTS) is 1. The summed E-state index contributed by atoms with van der Waals surface area (Å²) in [7, 11) is 0. The molecule has 7 nitrogen and oxygen atoms in total. The lowest BCUT2D eigenvalue weighted by Gasteiger charge is -2.26. The van der Waals surface area contributed by atoms with E-state index >= 15 is 0 Å². The molecule has 2 heterocycles. The molecular formula is C12H18N4O3. The van der Waals surface area contributed by atoms with Crippen LogP contribution in [0.1, 0.15) is 43.6 Å². The van der Waals surface area contributed by atoms with Gasteiger partial charge < -0.3 is 10.0 Å². The van der Waals surface area contributed by atoms with Crippen molar-refractivity contribution in [3.63, 3.8) is 0 Å². The minimum absolute atomic E-state index is 0.159. The molecule has 0 spiro atoms. The molecule has 2 atom stereocenters. The fourth-order valence-corrected chi connectivity index (χ4v) is 2.58. The van der Waals surface area contributed by atoms with Gasteiger partial charge in [0.1, 0.15) is 6.54 Å². The Morgan fingerprint density at radius 1 is 1.47 bits per heavy atom. The van der Waals surface area contributed by atoms with Crippen molar-refractivity contribution in [2.75, 3.05) is 0 Å². The zero-order valence-corrected chi connectivity index (χ0v) is 11.1. The molecule has 1 fully saturated rings. The van der Waals surface area contributed by atoms with Gasteiger partial charge in [-0.25, -0.2) is 4.68 Å². The number of rotatable bonds is 4. The topological polar surface area (TPSA) is 88.3 Å². The molecule has 0 saturated carbocycles. The molecule has 1 N–H and O–H groups in total. The van der Waals surface area contributed by atoms with Crippen LogP contribution in [0.4, 0.5) is 0 Å². The number of aliphatic carboxylic acids is 1. The van der Waals surface area contributed by atoms with E-state index in [2.05, 4.69) is 17.2 Å². The first-order chi connectivity index (χ1) is 9.02. The summed E-state index contributed by atoms with van der Waals surface area (Å²) in [5, 5.41) is 16.1. The van der Waals surface area contributed by atoms with Crippen LogP contribution in [-0.4, -0.2) is 49.0 Å². The van der Waals surface area contributed by atoms with Crippen LogP contribution in [0.3, 0.4) is 0 Å². The largest absolute Gasteiger partial charge is 0.480 e. The maximum absolute atomic E-state index is 12.4. The van der Waals surface area contributed by atoms with Gasteiger partial charge in [-0.2, -0.15) is 0 Å². The number of carbonyl (C=O) groups is 2. The van der Waals surface area contributed by atoms with Gasteiger partial charge in [-0.05, 0) is 26.2 Å². The zero-order valence-electron chi connectivity index (χ0n) is 11.1. The summed E-state index contributed by atoms with van der Waals surface area (Å²) in [6.45, 7) is 3.80. The van der Waals surface area contributed by atoms with Gasteiger partial charge in [0.05, 0.1) is 6.20 Å². The number of carboxylic acids is 1. The minimum Gasteiger partial charge on any atom is -0.480 e. The number of hydrogen-bond acceptors (Lipinski definition) is 4. The van der Waals surface area contributed by atoms with Crippen molar-refractivity contribution in [2.45, 2.75) is 51.7 Å². The number of hydrogen-bond donors (Lipinski definition) is 1. The van der Waals surface area contributed by atoms with Crippen LogP contribution >= 0.6 is 0 Å². The summed E-state index contributed by atoms with van der Waals surface area (Å²) in [6, 6.07) is 0.439. The van der Waals surface area contributed by atoms with Gasteiger partial charge in [-0.3, -0.25) is 9.59 Å². The Labute approximate surface area is 111 Å².